The molecule has 7 N–H and O–H groups in total. The molecule has 8 nitrogen and oxygen atoms in total. The number of allylic oxidation sites excluding steroid dienone is 1. The number of aliphatic hydroxyl groups excluding tert-OH is 2. The number of hydrogen-bond acceptors (Lipinski definition) is 8. The van der Waals surface area contributed by atoms with Gasteiger partial charge in [0.25, 0.3) is 0 Å². The first-order chi connectivity index (χ1) is 13.1. The fourth-order valence-corrected chi connectivity index (χ4v) is 4.75. The van der Waals surface area contributed by atoms with Gasteiger partial charge in [0.1, 0.15) is 12.2 Å². The lowest BCUT2D eigenvalue weighted by Crippen LogP contribution is -2.62. The third kappa shape index (κ3) is 4.53. The predicted molar refractivity (Wildman–Crippen MR) is 103 cm³/mol. The SMILES string of the molecule is CCC1=CCC(N)C(C2C(N)CC(C)C(OC3OCC(C)(O)CC3O)C2O)O1. The molecular formula is C20H36N2O6. The maximum absolute atomic E-state index is 11.2. The van der Waals surface area contributed by atoms with E-state index in [4.69, 9.17) is 25.7 Å². The predicted octanol–water partition coefficient (Wildman–Crippen LogP) is -0.0158. The summed E-state index contributed by atoms with van der Waals surface area (Å²) in [4.78, 5) is 0. The van der Waals surface area contributed by atoms with E-state index >= 15 is 0 Å². The van der Waals surface area contributed by atoms with E-state index in [9.17, 15) is 15.3 Å². The normalized spacial score (nSPS) is 50.0. The van der Waals surface area contributed by atoms with E-state index in [1.54, 1.807) is 6.92 Å². The molecule has 1 saturated carbocycles. The topological polar surface area (TPSA) is 140 Å². The van der Waals surface area contributed by atoms with Gasteiger partial charge in [0.05, 0.1) is 30.2 Å². The van der Waals surface area contributed by atoms with Crippen LogP contribution in [0.25, 0.3) is 0 Å². The third-order valence-corrected chi connectivity index (χ3v) is 6.30. The highest BCUT2D eigenvalue weighted by Gasteiger charge is 2.50. The van der Waals surface area contributed by atoms with Crippen LogP contribution in [0.5, 0.6) is 0 Å². The first kappa shape index (κ1) is 22.0. The maximum atomic E-state index is 11.2. The van der Waals surface area contributed by atoms with E-state index in [1.807, 2.05) is 19.9 Å². The zero-order valence-electron chi connectivity index (χ0n) is 17.0. The Morgan fingerprint density at radius 1 is 1.29 bits per heavy atom. The summed E-state index contributed by atoms with van der Waals surface area (Å²) in [6, 6.07) is -0.517. The van der Waals surface area contributed by atoms with E-state index < -0.39 is 30.2 Å². The summed E-state index contributed by atoms with van der Waals surface area (Å²) in [5.41, 5.74) is 11.6. The number of rotatable bonds is 4. The lowest BCUT2D eigenvalue weighted by atomic mass is 9.71. The van der Waals surface area contributed by atoms with Gasteiger partial charge in [-0.3, -0.25) is 0 Å². The summed E-state index contributed by atoms with van der Waals surface area (Å²) >= 11 is 0. The summed E-state index contributed by atoms with van der Waals surface area (Å²) in [6.45, 7) is 5.66. The molecule has 1 aliphatic carbocycles. The van der Waals surface area contributed by atoms with Crippen molar-refractivity contribution >= 4 is 0 Å². The minimum absolute atomic E-state index is 0.0273. The second-order valence-corrected chi connectivity index (χ2v) is 9.00. The van der Waals surface area contributed by atoms with Crippen LogP contribution in [0.4, 0.5) is 0 Å². The highest BCUT2D eigenvalue weighted by Crippen LogP contribution is 2.38. The number of ether oxygens (including phenoxy) is 3. The van der Waals surface area contributed by atoms with Gasteiger partial charge in [0, 0.05) is 30.8 Å². The lowest BCUT2D eigenvalue weighted by Gasteiger charge is -2.49. The minimum atomic E-state index is -1.09. The molecule has 3 rings (SSSR count). The van der Waals surface area contributed by atoms with Crippen molar-refractivity contribution in [1.82, 2.24) is 0 Å². The molecule has 2 heterocycles. The van der Waals surface area contributed by atoms with Gasteiger partial charge < -0.3 is 41.0 Å². The fraction of sp³-hybridized carbons (Fsp3) is 0.900. The molecule has 3 aliphatic rings. The Balaban J connectivity index is 1.73. The molecule has 0 aromatic rings. The first-order valence-corrected chi connectivity index (χ1v) is 10.4. The highest BCUT2D eigenvalue weighted by atomic mass is 16.7. The molecule has 28 heavy (non-hydrogen) atoms. The van der Waals surface area contributed by atoms with E-state index in [0.29, 0.717) is 12.8 Å². The maximum Gasteiger partial charge on any atom is 0.184 e. The average Bonchev–Trinajstić information content (AvgIpc) is 2.61. The Labute approximate surface area is 166 Å². The van der Waals surface area contributed by atoms with Crippen molar-refractivity contribution in [1.29, 1.82) is 0 Å². The van der Waals surface area contributed by atoms with Crippen LogP contribution in [0.1, 0.15) is 46.5 Å². The van der Waals surface area contributed by atoms with Gasteiger partial charge in [-0.2, -0.15) is 0 Å². The van der Waals surface area contributed by atoms with Crippen molar-refractivity contribution in [3.63, 3.8) is 0 Å². The monoisotopic (exact) mass is 400 g/mol. The fourth-order valence-electron chi connectivity index (χ4n) is 4.75. The second-order valence-electron chi connectivity index (χ2n) is 9.00. The van der Waals surface area contributed by atoms with Gasteiger partial charge in [-0.25, -0.2) is 0 Å². The van der Waals surface area contributed by atoms with E-state index in [0.717, 1.165) is 12.2 Å². The molecular weight excluding hydrogens is 364 g/mol. The Hall–Kier alpha value is -0.740. The standard InChI is InChI=1S/C20H36N2O6/c1-4-11-5-6-12(21)18(27-11)15-13(22)7-10(2)17(16(15)24)28-19-14(23)8-20(3,25)9-26-19/h5,10,12-19,23-25H,4,6-9,21-22H2,1-3H3. The lowest BCUT2D eigenvalue weighted by molar-refractivity contribution is -0.293. The molecule has 0 aromatic heterocycles. The summed E-state index contributed by atoms with van der Waals surface area (Å²) in [5.74, 6) is 0.464. The third-order valence-electron chi connectivity index (χ3n) is 6.30. The van der Waals surface area contributed by atoms with Crippen molar-refractivity contribution in [3.8, 4) is 0 Å². The Bertz CT molecular complexity index is 571. The zero-order chi connectivity index (χ0) is 20.6. The largest absolute Gasteiger partial charge is 0.493 e. The van der Waals surface area contributed by atoms with Crippen LogP contribution in [0.3, 0.4) is 0 Å². The molecule has 2 aliphatic heterocycles. The van der Waals surface area contributed by atoms with Crippen LogP contribution >= 0.6 is 0 Å². The molecule has 2 fully saturated rings. The quantitative estimate of drug-likeness (QED) is 0.444. The van der Waals surface area contributed by atoms with Gasteiger partial charge in [-0.05, 0) is 31.8 Å². The molecule has 8 heteroatoms. The molecule has 0 aromatic carbocycles. The van der Waals surface area contributed by atoms with Crippen LogP contribution in [-0.2, 0) is 14.2 Å². The van der Waals surface area contributed by atoms with Crippen LogP contribution in [0, 0.1) is 11.8 Å². The van der Waals surface area contributed by atoms with E-state index in [2.05, 4.69) is 0 Å². The van der Waals surface area contributed by atoms with Crippen LogP contribution in [0.2, 0.25) is 0 Å². The van der Waals surface area contributed by atoms with Gasteiger partial charge in [-0.15, -0.1) is 0 Å². The van der Waals surface area contributed by atoms with Crippen molar-refractivity contribution < 1.29 is 29.5 Å². The summed E-state index contributed by atoms with van der Waals surface area (Å²) in [6.07, 6.45) is 0.513. The minimum Gasteiger partial charge on any atom is -0.493 e. The molecule has 0 bridgehead atoms. The summed E-state index contributed by atoms with van der Waals surface area (Å²) in [7, 11) is 0. The number of nitrogens with two attached hydrogens (primary N) is 2. The van der Waals surface area contributed by atoms with Crippen molar-refractivity contribution in [2.45, 2.75) is 94.8 Å². The summed E-state index contributed by atoms with van der Waals surface area (Å²) < 4.78 is 17.6. The molecule has 0 spiro atoms. The van der Waals surface area contributed by atoms with Crippen molar-refractivity contribution in [2.75, 3.05) is 6.61 Å². The highest BCUT2D eigenvalue weighted by molar-refractivity contribution is 5.08. The van der Waals surface area contributed by atoms with E-state index in [1.165, 1.54) is 0 Å². The van der Waals surface area contributed by atoms with E-state index in [-0.39, 0.29) is 43.1 Å². The molecule has 10 unspecified atom stereocenters. The average molecular weight is 401 g/mol. The number of aliphatic hydroxyl groups is 3. The van der Waals surface area contributed by atoms with Gasteiger partial charge in [0.2, 0.25) is 0 Å². The van der Waals surface area contributed by atoms with Crippen LogP contribution in [0.15, 0.2) is 11.8 Å². The molecule has 0 radical (unpaired) electrons. The first-order valence-electron chi connectivity index (χ1n) is 10.4. The molecule has 0 amide bonds. The van der Waals surface area contributed by atoms with Gasteiger partial charge in [-0.1, -0.05) is 13.8 Å². The smallest absolute Gasteiger partial charge is 0.184 e. The Morgan fingerprint density at radius 3 is 2.64 bits per heavy atom. The Kier molecular flexibility index (Phi) is 6.71. The molecule has 1 saturated heterocycles. The Morgan fingerprint density at radius 2 is 2.00 bits per heavy atom. The van der Waals surface area contributed by atoms with Crippen molar-refractivity contribution in [3.05, 3.63) is 11.8 Å². The second kappa shape index (κ2) is 8.55. The van der Waals surface area contributed by atoms with Crippen LogP contribution in [-0.4, -0.2) is 70.3 Å². The van der Waals surface area contributed by atoms with Gasteiger partial charge >= 0.3 is 0 Å². The summed E-state index contributed by atoms with van der Waals surface area (Å²) in [5, 5.41) is 31.5. The number of hydrogen-bond donors (Lipinski definition) is 5. The zero-order valence-corrected chi connectivity index (χ0v) is 17.0. The molecule has 162 valence electrons. The van der Waals surface area contributed by atoms with Crippen LogP contribution < -0.4 is 11.5 Å². The van der Waals surface area contributed by atoms with Crippen molar-refractivity contribution in [2.24, 2.45) is 23.3 Å². The molecule has 10 atom stereocenters. The van der Waals surface area contributed by atoms with Gasteiger partial charge in [0.15, 0.2) is 6.29 Å².